The summed E-state index contributed by atoms with van der Waals surface area (Å²) in [6, 6.07) is 1.80. The van der Waals surface area contributed by atoms with Gasteiger partial charge in [-0.15, -0.1) is 0 Å². The summed E-state index contributed by atoms with van der Waals surface area (Å²) in [5.74, 6) is 0.658. The Morgan fingerprint density at radius 3 is 2.69 bits per heavy atom. The van der Waals surface area contributed by atoms with Crippen molar-refractivity contribution in [2.45, 2.75) is 38.6 Å². The summed E-state index contributed by atoms with van der Waals surface area (Å²) in [7, 11) is 0. The third-order valence-corrected chi connectivity index (χ3v) is 5.01. The quantitative estimate of drug-likeness (QED) is 0.836. The minimum absolute atomic E-state index is 0.0510. The first kappa shape index (κ1) is 18.4. The number of carbonyl (C=O) groups is 2. The molecule has 2 aliphatic heterocycles. The van der Waals surface area contributed by atoms with Crippen molar-refractivity contribution in [3.63, 3.8) is 0 Å². The maximum absolute atomic E-state index is 12.7. The number of hydrogen-bond donors (Lipinski definition) is 2. The number of hydrogen-bond acceptors (Lipinski definition) is 5. The Bertz CT molecular complexity index is 611. The standard InChI is InChI=1S/C18H28N6O2/c1-2-19-16(25)14-6-3-11-24(12-14)18(26)22-15-7-4-10-23(13-15)17-20-8-5-9-21-17/h5,8-9,14-15H,2-4,6-7,10-13H2,1H3,(H,19,25)(H,22,26). The highest BCUT2D eigenvalue weighted by Crippen LogP contribution is 2.18. The second-order valence-electron chi connectivity index (χ2n) is 6.96. The first-order valence-electron chi connectivity index (χ1n) is 9.52. The van der Waals surface area contributed by atoms with Gasteiger partial charge < -0.3 is 20.4 Å². The molecule has 0 aliphatic carbocycles. The number of carbonyl (C=O) groups excluding carboxylic acids is 2. The monoisotopic (exact) mass is 360 g/mol. The first-order chi connectivity index (χ1) is 12.7. The van der Waals surface area contributed by atoms with Crippen molar-refractivity contribution in [2.75, 3.05) is 37.6 Å². The lowest BCUT2D eigenvalue weighted by molar-refractivity contribution is -0.126. The van der Waals surface area contributed by atoms with Crippen molar-refractivity contribution < 1.29 is 9.59 Å². The van der Waals surface area contributed by atoms with E-state index in [0.717, 1.165) is 32.2 Å². The van der Waals surface area contributed by atoms with Crippen molar-refractivity contribution >= 4 is 17.9 Å². The van der Waals surface area contributed by atoms with Gasteiger partial charge in [0, 0.05) is 51.2 Å². The van der Waals surface area contributed by atoms with Gasteiger partial charge in [-0.2, -0.15) is 0 Å². The smallest absolute Gasteiger partial charge is 0.317 e. The number of rotatable bonds is 4. The van der Waals surface area contributed by atoms with Crippen LogP contribution in [-0.4, -0.2) is 65.6 Å². The van der Waals surface area contributed by atoms with Gasteiger partial charge in [0.05, 0.1) is 5.92 Å². The predicted molar refractivity (Wildman–Crippen MR) is 98.8 cm³/mol. The predicted octanol–water partition coefficient (Wildman–Crippen LogP) is 1.00. The number of piperidine rings is 2. The number of nitrogens with zero attached hydrogens (tertiary/aromatic N) is 4. The molecule has 1 aromatic rings. The van der Waals surface area contributed by atoms with Crippen LogP contribution in [0.2, 0.25) is 0 Å². The number of aromatic nitrogens is 2. The van der Waals surface area contributed by atoms with Gasteiger partial charge in [-0.1, -0.05) is 0 Å². The zero-order valence-corrected chi connectivity index (χ0v) is 15.4. The second kappa shape index (κ2) is 8.82. The van der Waals surface area contributed by atoms with Gasteiger partial charge in [0.15, 0.2) is 0 Å². The Morgan fingerprint density at radius 1 is 1.15 bits per heavy atom. The zero-order chi connectivity index (χ0) is 18.4. The normalized spacial score (nSPS) is 23.4. The van der Waals surface area contributed by atoms with E-state index in [0.29, 0.717) is 32.1 Å². The van der Waals surface area contributed by atoms with Gasteiger partial charge in [0.2, 0.25) is 11.9 Å². The van der Waals surface area contributed by atoms with Crippen LogP contribution in [0.3, 0.4) is 0 Å². The lowest BCUT2D eigenvalue weighted by Gasteiger charge is -2.36. The third kappa shape index (κ3) is 4.62. The molecular weight excluding hydrogens is 332 g/mol. The molecule has 0 bridgehead atoms. The van der Waals surface area contributed by atoms with Gasteiger partial charge in [0.25, 0.3) is 0 Å². The molecular formula is C18H28N6O2. The maximum Gasteiger partial charge on any atom is 0.317 e. The highest BCUT2D eigenvalue weighted by molar-refractivity contribution is 5.80. The van der Waals surface area contributed by atoms with E-state index in [1.54, 1.807) is 23.4 Å². The highest BCUT2D eigenvalue weighted by Gasteiger charge is 2.30. The van der Waals surface area contributed by atoms with E-state index in [9.17, 15) is 9.59 Å². The fraction of sp³-hybridized carbons (Fsp3) is 0.667. The molecule has 1 aromatic heterocycles. The molecule has 142 valence electrons. The summed E-state index contributed by atoms with van der Waals surface area (Å²) in [5, 5.41) is 6.00. The fourth-order valence-corrected chi connectivity index (χ4v) is 3.69. The molecule has 2 N–H and O–H groups in total. The Kier molecular flexibility index (Phi) is 6.25. The summed E-state index contributed by atoms with van der Waals surface area (Å²) in [6.07, 6.45) is 7.12. The molecule has 2 atom stereocenters. The molecule has 8 nitrogen and oxygen atoms in total. The molecule has 3 amide bonds. The van der Waals surface area contributed by atoms with Crippen molar-refractivity contribution in [1.29, 1.82) is 0 Å². The summed E-state index contributed by atoms with van der Waals surface area (Å²) >= 11 is 0. The molecule has 2 aliphatic rings. The third-order valence-electron chi connectivity index (χ3n) is 5.01. The summed E-state index contributed by atoms with van der Waals surface area (Å²) < 4.78 is 0. The molecule has 3 rings (SSSR count). The van der Waals surface area contributed by atoms with E-state index < -0.39 is 0 Å². The molecule has 3 heterocycles. The van der Waals surface area contributed by atoms with Crippen molar-refractivity contribution in [3.05, 3.63) is 18.5 Å². The molecule has 2 fully saturated rings. The topological polar surface area (TPSA) is 90.5 Å². The summed E-state index contributed by atoms with van der Waals surface area (Å²) in [6.45, 7) is 5.36. The number of likely N-dealkylation sites (tertiary alicyclic amines) is 1. The van der Waals surface area contributed by atoms with Gasteiger partial charge in [-0.25, -0.2) is 14.8 Å². The molecule has 2 unspecified atom stereocenters. The number of anilines is 1. The lowest BCUT2D eigenvalue weighted by Crippen LogP contribution is -2.54. The minimum Gasteiger partial charge on any atom is -0.356 e. The Hall–Kier alpha value is -2.38. The second-order valence-corrected chi connectivity index (χ2v) is 6.96. The minimum atomic E-state index is -0.102. The molecule has 0 saturated carbocycles. The van der Waals surface area contributed by atoms with Crippen LogP contribution in [0.1, 0.15) is 32.6 Å². The number of nitrogens with one attached hydrogen (secondary N) is 2. The average Bonchev–Trinajstić information content (AvgIpc) is 2.69. The zero-order valence-electron chi connectivity index (χ0n) is 15.4. The van der Waals surface area contributed by atoms with Crippen LogP contribution in [0.15, 0.2) is 18.5 Å². The number of amides is 3. The SMILES string of the molecule is CCNC(=O)C1CCCN(C(=O)NC2CCCN(c3ncccn3)C2)C1. The van der Waals surface area contributed by atoms with Gasteiger partial charge in [-0.3, -0.25) is 4.79 Å². The molecule has 2 saturated heterocycles. The number of urea groups is 1. The van der Waals surface area contributed by atoms with Crippen LogP contribution in [0.5, 0.6) is 0 Å². The van der Waals surface area contributed by atoms with Crippen LogP contribution in [0, 0.1) is 5.92 Å². The molecule has 0 spiro atoms. The average molecular weight is 360 g/mol. The van der Waals surface area contributed by atoms with E-state index in [4.69, 9.17) is 0 Å². The van der Waals surface area contributed by atoms with Crippen molar-refractivity contribution in [3.8, 4) is 0 Å². The Labute approximate surface area is 154 Å². The maximum atomic E-state index is 12.7. The van der Waals surface area contributed by atoms with E-state index >= 15 is 0 Å². The van der Waals surface area contributed by atoms with Gasteiger partial charge >= 0.3 is 6.03 Å². The Balaban J connectivity index is 1.53. The fourth-order valence-electron chi connectivity index (χ4n) is 3.69. The molecule has 0 aromatic carbocycles. The first-order valence-corrected chi connectivity index (χ1v) is 9.52. The van der Waals surface area contributed by atoms with E-state index in [1.165, 1.54) is 0 Å². The van der Waals surface area contributed by atoms with Crippen LogP contribution >= 0.6 is 0 Å². The molecule has 0 radical (unpaired) electrons. The van der Waals surface area contributed by atoms with Crippen LogP contribution in [-0.2, 0) is 4.79 Å². The van der Waals surface area contributed by atoms with E-state index in [2.05, 4.69) is 25.5 Å². The summed E-state index contributed by atoms with van der Waals surface area (Å²) in [5.41, 5.74) is 0. The van der Waals surface area contributed by atoms with Crippen molar-refractivity contribution in [1.82, 2.24) is 25.5 Å². The van der Waals surface area contributed by atoms with Gasteiger partial charge in [0.1, 0.15) is 0 Å². The van der Waals surface area contributed by atoms with Crippen molar-refractivity contribution in [2.24, 2.45) is 5.92 Å². The molecule has 26 heavy (non-hydrogen) atoms. The Morgan fingerprint density at radius 2 is 1.92 bits per heavy atom. The van der Waals surface area contributed by atoms with Crippen LogP contribution in [0.4, 0.5) is 10.7 Å². The summed E-state index contributed by atoms with van der Waals surface area (Å²) in [4.78, 5) is 37.2. The van der Waals surface area contributed by atoms with Crippen LogP contribution in [0.25, 0.3) is 0 Å². The van der Waals surface area contributed by atoms with Crippen LogP contribution < -0.4 is 15.5 Å². The van der Waals surface area contributed by atoms with E-state index in [1.807, 2.05) is 6.92 Å². The largest absolute Gasteiger partial charge is 0.356 e. The van der Waals surface area contributed by atoms with E-state index in [-0.39, 0.29) is 23.9 Å². The van der Waals surface area contributed by atoms with Gasteiger partial charge in [-0.05, 0) is 38.7 Å². The highest BCUT2D eigenvalue weighted by atomic mass is 16.2. The molecule has 8 heteroatoms. The lowest BCUT2D eigenvalue weighted by atomic mass is 9.97.